The SMILES string of the molecule is CCOC(C)(C)/C=C(/C#N)C(=O)N1CCC[C@@H](n2nc(-c3ccc(Oc4ccccc4)cc3F)c3c(N)ncnc32)C1. The maximum absolute atomic E-state index is 15.5. The molecule has 2 aromatic heterocycles. The van der Waals surface area contributed by atoms with E-state index in [9.17, 15) is 10.1 Å². The van der Waals surface area contributed by atoms with Gasteiger partial charge in [-0.15, -0.1) is 0 Å². The van der Waals surface area contributed by atoms with E-state index in [1.54, 1.807) is 53.8 Å². The summed E-state index contributed by atoms with van der Waals surface area (Å²) in [7, 11) is 0. The van der Waals surface area contributed by atoms with E-state index in [-0.39, 0.29) is 28.9 Å². The molecule has 2 aromatic carbocycles. The third-order valence-corrected chi connectivity index (χ3v) is 7.08. The lowest BCUT2D eigenvalue weighted by atomic mass is 10.0. The summed E-state index contributed by atoms with van der Waals surface area (Å²) in [5.41, 5.74) is 6.48. The van der Waals surface area contributed by atoms with Crippen molar-refractivity contribution in [1.29, 1.82) is 5.26 Å². The van der Waals surface area contributed by atoms with Gasteiger partial charge in [0.2, 0.25) is 0 Å². The van der Waals surface area contributed by atoms with E-state index in [2.05, 4.69) is 9.97 Å². The smallest absolute Gasteiger partial charge is 0.264 e. The Labute approximate surface area is 243 Å². The van der Waals surface area contributed by atoms with Crippen molar-refractivity contribution in [3.05, 3.63) is 72.3 Å². The molecule has 0 saturated carbocycles. The molecule has 2 N–H and O–H groups in total. The molecule has 1 aliphatic heterocycles. The Hall–Kier alpha value is -4.82. The maximum atomic E-state index is 15.5. The van der Waals surface area contributed by atoms with Crippen LogP contribution in [0.15, 0.2) is 66.5 Å². The number of ether oxygens (including phenoxy) is 2. The van der Waals surface area contributed by atoms with Crippen molar-refractivity contribution in [2.75, 3.05) is 25.4 Å². The first-order chi connectivity index (χ1) is 20.2. The molecule has 0 bridgehead atoms. The summed E-state index contributed by atoms with van der Waals surface area (Å²) in [5, 5.41) is 15.0. The molecule has 1 fully saturated rings. The molecule has 3 heterocycles. The van der Waals surface area contributed by atoms with Gasteiger partial charge in [-0.1, -0.05) is 18.2 Å². The first kappa shape index (κ1) is 28.7. The third-order valence-electron chi connectivity index (χ3n) is 7.08. The number of aromatic nitrogens is 4. The zero-order valence-electron chi connectivity index (χ0n) is 23.7. The Kier molecular flexibility index (Phi) is 8.17. The Morgan fingerprint density at radius 2 is 2.00 bits per heavy atom. The molecule has 0 spiro atoms. The van der Waals surface area contributed by atoms with E-state index >= 15 is 4.39 Å². The van der Waals surface area contributed by atoms with Crippen molar-refractivity contribution in [2.24, 2.45) is 0 Å². The number of hydrogen-bond acceptors (Lipinski definition) is 8. The molecule has 1 saturated heterocycles. The minimum Gasteiger partial charge on any atom is -0.457 e. The summed E-state index contributed by atoms with van der Waals surface area (Å²) in [6, 6.07) is 15.4. The second kappa shape index (κ2) is 12.0. The molecule has 0 radical (unpaired) electrons. The Balaban J connectivity index is 1.47. The predicted molar refractivity (Wildman–Crippen MR) is 156 cm³/mol. The number of carbonyl (C=O) groups excluding carboxylic acids is 1. The molecule has 42 heavy (non-hydrogen) atoms. The van der Waals surface area contributed by atoms with Crippen molar-refractivity contribution in [3.8, 4) is 28.8 Å². The Bertz CT molecular complexity index is 1680. The second-order valence-corrected chi connectivity index (χ2v) is 10.6. The topological polar surface area (TPSA) is 132 Å². The quantitative estimate of drug-likeness (QED) is 0.219. The summed E-state index contributed by atoms with van der Waals surface area (Å²) in [5.74, 6) is 0.178. The molecule has 0 unspecified atom stereocenters. The first-order valence-corrected chi connectivity index (χ1v) is 13.8. The number of nitriles is 1. The number of rotatable bonds is 8. The monoisotopic (exact) mass is 569 g/mol. The van der Waals surface area contributed by atoms with Crippen LogP contribution >= 0.6 is 0 Å². The molecule has 1 atom stereocenters. The number of nitrogens with two attached hydrogens (primary N) is 1. The number of piperidine rings is 1. The van der Waals surface area contributed by atoms with Crippen LogP contribution in [0, 0.1) is 17.1 Å². The summed E-state index contributed by atoms with van der Waals surface area (Å²) in [6.45, 7) is 6.70. The van der Waals surface area contributed by atoms with Gasteiger partial charge in [-0.3, -0.25) is 4.79 Å². The van der Waals surface area contributed by atoms with E-state index in [1.165, 1.54) is 12.4 Å². The molecule has 11 heteroatoms. The standard InChI is InChI=1S/C31H32FN7O3/c1-4-41-31(2,3)16-20(17-33)30(40)38-14-8-9-21(18-38)39-29-26(28(34)35-19-36-29)27(37-39)24-13-12-23(15-25(24)32)42-22-10-6-5-7-11-22/h5-7,10-13,15-16,19,21H,4,8-9,14,18H2,1-3H3,(H2,34,35,36)/b20-16-/t21-/m1/s1. The van der Waals surface area contributed by atoms with Gasteiger partial charge in [-0.2, -0.15) is 10.4 Å². The summed E-state index contributed by atoms with van der Waals surface area (Å²) in [6.07, 6.45) is 4.28. The van der Waals surface area contributed by atoms with Crippen LogP contribution in [0.3, 0.4) is 0 Å². The number of para-hydroxylation sites is 1. The van der Waals surface area contributed by atoms with E-state index in [0.717, 1.165) is 0 Å². The Morgan fingerprint density at radius 3 is 2.71 bits per heavy atom. The number of fused-ring (bicyclic) bond motifs is 1. The molecular formula is C31H32FN7O3. The highest BCUT2D eigenvalue weighted by molar-refractivity contribution is 5.99. The predicted octanol–water partition coefficient (Wildman–Crippen LogP) is 5.44. The van der Waals surface area contributed by atoms with Crippen LogP contribution in [0.25, 0.3) is 22.3 Å². The maximum Gasteiger partial charge on any atom is 0.264 e. The van der Waals surface area contributed by atoms with Gasteiger partial charge in [0.1, 0.15) is 46.8 Å². The van der Waals surface area contributed by atoms with Gasteiger partial charge in [-0.05, 0) is 64.0 Å². The molecule has 1 aliphatic rings. The van der Waals surface area contributed by atoms with Gasteiger partial charge in [0.15, 0.2) is 5.65 Å². The summed E-state index contributed by atoms with van der Waals surface area (Å²) in [4.78, 5) is 23.6. The Morgan fingerprint density at radius 1 is 1.21 bits per heavy atom. The molecule has 1 amide bonds. The van der Waals surface area contributed by atoms with E-state index in [0.29, 0.717) is 60.8 Å². The molecule has 5 rings (SSSR count). The highest BCUT2D eigenvalue weighted by atomic mass is 19.1. The number of benzene rings is 2. The lowest BCUT2D eigenvalue weighted by Gasteiger charge is -2.33. The molecular weight excluding hydrogens is 537 g/mol. The zero-order chi connectivity index (χ0) is 29.9. The van der Waals surface area contributed by atoms with E-state index in [4.69, 9.17) is 20.3 Å². The average Bonchev–Trinajstić information content (AvgIpc) is 3.37. The number of carbonyl (C=O) groups is 1. The number of anilines is 1. The number of hydrogen-bond donors (Lipinski definition) is 1. The van der Waals surface area contributed by atoms with Crippen LogP contribution in [0.1, 0.15) is 39.7 Å². The van der Waals surface area contributed by atoms with Crippen LogP contribution in [0.4, 0.5) is 10.2 Å². The summed E-state index contributed by atoms with van der Waals surface area (Å²) >= 11 is 0. The lowest BCUT2D eigenvalue weighted by molar-refractivity contribution is -0.128. The van der Waals surface area contributed by atoms with Crippen LogP contribution < -0.4 is 10.5 Å². The third kappa shape index (κ3) is 5.94. The fraction of sp³-hybridized carbons (Fsp3) is 0.323. The number of likely N-dealkylation sites (tertiary alicyclic amines) is 1. The van der Waals surface area contributed by atoms with E-state index < -0.39 is 11.4 Å². The van der Waals surface area contributed by atoms with Gasteiger partial charge < -0.3 is 20.1 Å². The van der Waals surface area contributed by atoms with Gasteiger partial charge in [0.25, 0.3) is 5.91 Å². The minimum absolute atomic E-state index is 0.0200. The number of nitrogen functional groups attached to an aromatic ring is 1. The van der Waals surface area contributed by atoms with Gasteiger partial charge in [0.05, 0.1) is 17.0 Å². The molecule has 216 valence electrons. The average molecular weight is 570 g/mol. The highest BCUT2D eigenvalue weighted by Gasteiger charge is 2.31. The summed E-state index contributed by atoms with van der Waals surface area (Å²) < 4.78 is 28.7. The van der Waals surface area contributed by atoms with Gasteiger partial charge in [0, 0.05) is 31.3 Å². The van der Waals surface area contributed by atoms with E-state index in [1.807, 2.05) is 31.2 Å². The fourth-order valence-electron chi connectivity index (χ4n) is 5.23. The van der Waals surface area contributed by atoms with Crippen LogP contribution in [-0.4, -0.2) is 55.9 Å². The first-order valence-electron chi connectivity index (χ1n) is 13.8. The largest absolute Gasteiger partial charge is 0.457 e. The minimum atomic E-state index is -0.766. The zero-order valence-corrected chi connectivity index (χ0v) is 23.7. The van der Waals surface area contributed by atoms with Crippen molar-refractivity contribution in [2.45, 2.75) is 45.3 Å². The number of amides is 1. The van der Waals surface area contributed by atoms with Crippen LogP contribution in [0.5, 0.6) is 11.5 Å². The lowest BCUT2D eigenvalue weighted by Crippen LogP contribution is -2.42. The normalized spacial score (nSPS) is 15.9. The second-order valence-electron chi connectivity index (χ2n) is 10.6. The number of nitrogens with zero attached hydrogens (tertiary/aromatic N) is 6. The van der Waals surface area contributed by atoms with Gasteiger partial charge >= 0.3 is 0 Å². The molecule has 4 aromatic rings. The fourth-order valence-corrected chi connectivity index (χ4v) is 5.23. The van der Waals surface area contributed by atoms with Crippen LogP contribution in [-0.2, 0) is 9.53 Å². The number of halogens is 1. The highest BCUT2D eigenvalue weighted by Crippen LogP contribution is 2.36. The molecule has 10 nitrogen and oxygen atoms in total. The van der Waals surface area contributed by atoms with Crippen molar-refractivity contribution >= 4 is 22.8 Å². The van der Waals surface area contributed by atoms with Crippen molar-refractivity contribution < 1.29 is 18.7 Å². The van der Waals surface area contributed by atoms with Gasteiger partial charge in [-0.25, -0.2) is 19.0 Å². The van der Waals surface area contributed by atoms with Crippen molar-refractivity contribution in [1.82, 2.24) is 24.6 Å². The van der Waals surface area contributed by atoms with Crippen LogP contribution in [0.2, 0.25) is 0 Å². The van der Waals surface area contributed by atoms with Crippen molar-refractivity contribution in [3.63, 3.8) is 0 Å². The molecule has 0 aliphatic carbocycles.